The van der Waals surface area contributed by atoms with Gasteiger partial charge in [0.1, 0.15) is 5.54 Å². The van der Waals surface area contributed by atoms with Crippen molar-refractivity contribution in [3.63, 3.8) is 0 Å². The van der Waals surface area contributed by atoms with Crippen LogP contribution in [0.1, 0.15) is 66.9 Å². The number of hydrogen-bond donors (Lipinski definition) is 1. The standard InChI is InChI=1S/C27H38N4O4S/c1-34-25(33)27(11-3-2-4-12-27)29-24(32)21-7-5-20(6-8-21)23-19-36-26(28-23)31-13-9-22(10-14-31)30-15-17-35-18-16-30/h5-8,22-23H,2-4,9-19H2,1H3,(H,29,32). The maximum Gasteiger partial charge on any atom is 0.331 e. The van der Waals surface area contributed by atoms with E-state index in [2.05, 4.69) is 15.1 Å². The molecule has 1 aliphatic carbocycles. The molecule has 1 saturated carbocycles. The first kappa shape index (κ1) is 25.5. The number of ether oxygens (including phenoxy) is 2. The van der Waals surface area contributed by atoms with Crippen molar-refractivity contribution in [3.05, 3.63) is 35.4 Å². The van der Waals surface area contributed by atoms with Crippen LogP contribution >= 0.6 is 11.8 Å². The molecule has 1 atom stereocenters. The Balaban J connectivity index is 1.17. The molecule has 3 aliphatic heterocycles. The van der Waals surface area contributed by atoms with E-state index in [0.29, 0.717) is 24.4 Å². The maximum absolute atomic E-state index is 13.0. The van der Waals surface area contributed by atoms with Crippen LogP contribution in [0.3, 0.4) is 0 Å². The van der Waals surface area contributed by atoms with Gasteiger partial charge >= 0.3 is 5.97 Å². The summed E-state index contributed by atoms with van der Waals surface area (Å²) in [6, 6.07) is 8.48. The predicted octanol–water partition coefficient (Wildman–Crippen LogP) is 3.23. The third-order valence-corrected chi connectivity index (χ3v) is 9.23. The Hall–Kier alpha value is -2.10. The molecule has 2 saturated heterocycles. The predicted molar refractivity (Wildman–Crippen MR) is 141 cm³/mol. The van der Waals surface area contributed by atoms with Gasteiger partial charge in [0.2, 0.25) is 0 Å². The SMILES string of the molecule is COC(=O)C1(NC(=O)c2ccc(C3CSC(N4CCC(N5CCOCC5)CC4)=N3)cc2)CCCCC1. The monoisotopic (exact) mass is 514 g/mol. The van der Waals surface area contributed by atoms with Gasteiger partial charge in [0.15, 0.2) is 5.17 Å². The normalized spacial score (nSPS) is 25.3. The molecule has 0 aromatic heterocycles. The van der Waals surface area contributed by atoms with Gasteiger partial charge in [-0.05, 0) is 43.4 Å². The molecule has 4 aliphatic rings. The number of hydrogen-bond acceptors (Lipinski definition) is 8. The van der Waals surface area contributed by atoms with Crippen molar-refractivity contribution in [3.8, 4) is 0 Å². The summed E-state index contributed by atoms with van der Waals surface area (Å²) < 4.78 is 10.5. The summed E-state index contributed by atoms with van der Waals surface area (Å²) in [5.41, 5.74) is 0.782. The molecule has 3 fully saturated rings. The van der Waals surface area contributed by atoms with Crippen LogP contribution in [0, 0.1) is 0 Å². The number of morpholine rings is 1. The van der Waals surface area contributed by atoms with E-state index in [0.717, 1.165) is 75.1 Å². The molecule has 36 heavy (non-hydrogen) atoms. The van der Waals surface area contributed by atoms with Crippen molar-refractivity contribution in [1.82, 2.24) is 15.1 Å². The zero-order chi connectivity index (χ0) is 25.0. The molecule has 1 aromatic carbocycles. The number of carbonyl (C=O) groups is 2. The summed E-state index contributed by atoms with van der Waals surface area (Å²) in [6.45, 7) is 5.94. The average molecular weight is 515 g/mol. The number of benzene rings is 1. The molecule has 0 spiro atoms. The minimum Gasteiger partial charge on any atom is -0.467 e. The Kier molecular flexibility index (Phi) is 8.18. The number of methoxy groups -OCH3 is 1. The van der Waals surface area contributed by atoms with Crippen LogP contribution in [0.2, 0.25) is 0 Å². The highest BCUT2D eigenvalue weighted by Gasteiger charge is 2.42. The molecular formula is C27H38N4O4S. The largest absolute Gasteiger partial charge is 0.467 e. The van der Waals surface area contributed by atoms with Crippen LogP contribution in [0.15, 0.2) is 29.3 Å². The van der Waals surface area contributed by atoms with Gasteiger partial charge in [-0.3, -0.25) is 14.7 Å². The van der Waals surface area contributed by atoms with E-state index in [4.69, 9.17) is 14.5 Å². The van der Waals surface area contributed by atoms with Crippen LogP contribution in [-0.2, 0) is 14.3 Å². The number of nitrogens with zero attached hydrogens (tertiary/aromatic N) is 3. The van der Waals surface area contributed by atoms with E-state index < -0.39 is 5.54 Å². The molecule has 9 heteroatoms. The second kappa shape index (κ2) is 11.5. The molecule has 1 amide bonds. The highest BCUT2D eigenvalue weighted by Crippen LogP contribution is 2.34. The molecular weight excluding hydrogens is 476 g/mol. The second-order valence-corrected chi connectivity index (χ2v) is 11.3. The quantitative estimate of drug-likeness (QED) is 0.604. The number of carbonyl (C=O) groups excluding carboxylic acids is 2. The molecule has 0 bridgehead atoms. The van der Waals surface area contributed by atoms with Gasteiger partial charge in [0.05, 0.1) is 26.4 Å². The van der Waals surface area contributed by atoms with E-state index >= 15 is 0 Å². The van der Waals surface area contributed by atoms with Gasteiger partial charge in [-0.1, -0.05) is 43.2 Å². The molecule has 1 N–H and O–H groups in total. The van der Waals surface area contributed by atoms with Crippen LogP contribution in [0.4, 0.5) is 0 Å². The van der Waals surface area contributed by atoms with Gasteiger partial charge in [-0.2, -0.15) is 0 Å². The Morgan fingerprint density at radius 1 is 1.06 bits per heavy atom. The Labute approximate surface area is 218 Å². The van der Waals surface area contributed by atoms with Gasteiger partial charge in [0.25, 0.3) is 5.91 Å². The first-order chi connectivity index (χ1) is 17.6. The van der Waals surface area contributed by atoms with Crippen molar-refractivity contribution in [1.29, 1.82) is 0 Å². The fraction of sp³-hybridized carbons (Fsp3) is 0.667. The van der Waals surface area contributed by atoms with Crippen LogP contribution in [0.25, 0.3) is 0 Å². The summed E-state index contributed by atoms with van der Waals surface area (Å²) in [5.74, 6) is 0.364. The van der Waals surface area contributed by atoms with E-state index in [1.165, 1.54) is 20.0 Å². The van der Waals surface area contributed by atoms with Crippen LogP contribution < -0.4 is 5.32 Å². The summed E-state index contributed by atoms with van der Waals surface area (Å²) in [5, 5.41) is 4.16. The molecule has 5 rings (SSSR count). The fourth-order valence-corrected chi connectivity index (χ4v) is 7.09. The van der Waals surface area contributed by atoms with E-state index in [1.54, 1.807) is 0 Å². The molecule has 1 aromatic rings. The van der Waals surface area contributed by atoms with Crippen LogP contribution in [-0.4, -0.2) is 90.7 Å². The summed E-state index contributed by atoms with van der Waals surface area (Å²) in [7, 11) is 1.39. The number of amidine groups is 1. The van der Waals surface area contributed by atoms with Gasteiger partial charge < -0.3 is 19.7 Å². The van der Waals surface area contributed by atoms with Crippen molar-refractivity contribution >= 4 is 28.8 Å². The third kappa shape index (κ3) is 5.58. The number of amides is 1. The van der Waals surface area contributed by atoms with Crippen molar-refractivity contribution in [2.45, 2.75) is 62.6 Å². The minimum absolute atomic E-state index is 0.110. The fourth-order valence-electron chi connectivity index (χ4n) is 5.95. The molecule has 196 valence electrons. The second-order valence-electron chi connectivity index (χ2n) is 10.3. The van der Waals surface area contributed by atoms with Crippen molar-refractivity contribution < 1.29 is 19.1 Å². The average Bonchev–Trinajstić information content (AvgIpc) is 3.44. The first-order valence-corrected chi connectivity index (χ1v) is 14.3. The summed E-state index contributed by atoms with van der Waals surface area (Å²) in [4.78, 5) is 35.6. The number of nitrogens with one attached hydrogen (secondary N) is 1. The van der Waals surface area contributed by atoms with E-state index in [9.17, 15) is 9.59 Å². The number of likely N-dealkylation sites (tertiary alicyclic amines) is 1. The Morgan fingerprint density at radius 2 is 1.75 bits per heavy atom. The highest BCUT2D eigenvalue weighted by molar-refractivity contribution is 8.14. The highest BCUT2D eigenvalue weighted by atomic mass is 32.2. The number of aliphatic imine (C=N–C) groups is 1. The zero-order valence-corrected chi connectivity index (χ0v) is 22.1. The molecule has 0 radical (unpaired) electrons. The van der Waals surface area contributed by atoms with Gasteiger partial charge in [-0.15, -0.1) is 0 Å². The lowest BCUT2D eigenvalue weighted by molar-refractivity contribution is -0.149. The molecule has 1 unspecified atom stereocenters. The van der Waals surface area contributed by atoms with Crippen molar-refractivity contribution in [2.75, 3.05) is 52.3 Å². The maximum atomic E-state index is 13.0. The topological polar surface area (TPSA) is 83.5 Å². The number of esters is 1. The minimum atomic E-state index is -0.904. The Morgan fingerprint density at radius 3 is 2.42 bits per heavy atom. The lowest BCUT2D eigenvalue weighted by Crippen LogP contribution is -2.56. The smallest absolute Gasteiger partial charge is 0.331 e. The van der Waals surface area contributed by atoms with Gasteiger partial charge in [0, 0.05) is 43.5 Å². The zero-order valence-electron chi connectivity index (χ0n) is 21.2. The Bertz CT molecular complexity index is 949. The number of piperidine rings is 1. The first-order valence-electron chi connectivity index (χ1n) is 13.4. The van der Waals surface area contributed by atoms with E-state index in [1.807, 2.05) is 36.0 Å². The van der Waals surface area contributed by atoms with Crippen LogP contribution in [0.5, 0.6) is 0 Å². The summed E-state index contributed by atoms with van der Waals surface area (Å²) >= 11 is 1.84. The number of rotatable bonds is 5. The van der Waals surface area contributed by atoms with Crippen molar-refractivity contribution in [2.24, 2.45) is 4.99 Å². The molecule has 8 nitrogen and oxygen atoms in total. The lowest BCUT2D eigenvalue weighted by atomic mass is 9.81. The number of thioether (sulfide) groups is 1. The lowest BCUT2D eigenvalue weighted by Gasteiger charge is -2.40. The molecule has 3 heterocycles. The van der Waals surface area contributed by atoms with E-state index in [-0.39, 0.29) is 17.9 Å². The van der Waals surface area contributed by atoms with Gasteiger partial charge in [-0.25, -0.2) is 4.79 Å². The third-order valence-electron chi connectivity index (χ3n) is 8.13. The summed E-state index contributed by atoms with van der Waals surface area (Å²) in [6.07, 6.45) is 6.53.